The van der Waals surface area contributed by atoms with Crippen molar-refractivity contribution in [1.29, 1.82) is 0 Å². The highest BCUT2D eigenvalue weighted by Crippen LogP contribution is 2.19. The second kappa shape index (κ2) is 8.00. The van der Waals surface area contributed by atoms with Gasteiger partial charge in [-0.15, -0.1) is 0 Å². The first-order valence-corrected chi connectivity index (χ1v) is 8.00. The first kappa shape index (κ1) is 18.8. The smallest absolute Gasteiger partial charge is 0.333 e. The maximum Gasteiger partial charge on any atom is 0.333 e. The minimum absolute atomic E-state index is 0.0474. The maximum atomic E-state index is 12.8. The van der Waals surface area contributed by atoms with Gasteiger partial charge in [0.15, 0.2) is 5.78 Å². The van der Waals surface area contributed by atoms with Crippen LogP contribution < -0.4 is 5.32 Å². The van der Waals surface area contributed by atoms with Crippen molar-refractivity contribution < 1.29 is 18.4 Å². The first-order chi connectivity index (χ1) is 11.8. The molecule has 25 heavy (non-hydrogen) atoms. The number of benzene rings is 1. The molecule has 0 saturated carbocycles. The molecule has 1 aromatic heterocycles. The zero-order valence-corrected chi connectivity index (χ0v) is 14.4. The van der Waals surface area contributed by atoms with Gasteiger partial charge >= 0.3 is 6.55 Å². The van der Waals surface area contributed by atoms with Crippen LogP contribution in [0.15, 0.2) is 30.3 Å². The molecule has 2 rings (SSSR count). The van der Waals surface area contributed by atoms with Crippen LogP contribution in [0.1, 0.15) is 47.2 Å². The van der Waals surface area contributed by atoms with Crippen LogP contribution in [0.3, 0.4) is 0 Å². The Morgan fingerprint density at radius 3 is 2.40 bits per heavy atom. The molecule has 2 aromatic rings. The van der Waals surface area contributed by atoms with Crippen LogP contribution in [0, 0.1) is 13.8 Å². The Labute approximate surface area is 145 Å². The number of carbonyl (C=O) groups excluding carboxylic acids is 2. The maximum absolute atomic E-state index is 12.8. The van der Waals surface area contributed by atoms with Gasteiger partial charge in [-0.05, 0) is 20.8 Å². The summed E-state index contributed by atoms with van der Waals surface area (Å²) in [6.07, 6.45) is 0.123. The zero-order valence-electron chi connectivity index (χ0n) is 14.4. The van der Waals surface area contributed by atoms with Gasteiger partial charge in [-0.3, -0.25) is 9.59 Å². The fraction of sp³-hybridized carbons (Fsp3) is 0.389. The molecule has 1 heterocycles. The van der Waals surface area contributed by atoms with Crippen LogP contribution in [0.5, 0.6) is 0 Å². The number of Topliss-reactive ketones (excluding diaryl/α,β-unsaturated/α-hetero) is 1. The van der Waals surface area contributed by atoms with E-state index in [0.29, 0.717) is 21.5 Å². The molecule has 134 valence electrons. The number of alkyl halides is 2. The van der Waals surface area contributed by atoms with Crippen molar-refractivity contribution in [1.82, 2.24) is 15.1 Å². The number of carbonyl (C=O) groups is 2. The lowest BCUT2D eigenvalue weighted by Crippen LogP contribution is -2.35. The lowest BCUT2D eigenvalue weighted by Gasteiger charge is -2.13. The molecule has 1 amide bonds. The van der Waals surface area contributed by atoms with Crippen LogP contribution in [0.25, 0.3) is 0 Å². The SMILES string of the molecule is Cc1nn(C(F)F)c(C)c1CC(=O)NC(C)CC(=O)c1ccccc1. The van der Waals surface area contributed by atoms with E-state index in [1.165, 1.54) is 6.92 Å². The third-order valence-electron chi connectivity index (χ3n) is 3.99. The van der Waals surface area contributed by atoms with E-state index in [1.807, 2.05) is 6.07 Å². The fourth-order valence-electron chi connectivity index (χ4n) is 2.70. The predicted octanol–water partition coefficient (Wildman–Crippen LogP) is 3.22. The topological polar surface area (TPSA) is 64.0 Å². The van der Waals surface area contributed by atoms with Crippen molar-refractivity contribution in [3.63, 3.8) is 0 Å². The van der Waals surface area contributed by atoms with Gasteiger partial charge in [0.1, 0.15) is 0 Å². The van der Waals surface area contributed by atoms with Crippen LogP contribution in [-0.2, 0) is 11.2 Å². The highest BCUT2D eigenvalue weighted by molar-refractivity contribution is 5.96. The molecule has 1 N–H and O–H groups in total. The van der Waals surface area contributed by atoms with Crippen molar-refractivity contribution in [3.05, 3.63) is 52.8 Å². The molecule has 0 radical (unpaired) electrons. The lowest BCUT2D eigenvalue weighted by molar-refractivity contribution is -0.121. The summed E-state index contributed by atoms with van der Waals surface area (Å²) < 4.78 is 26.3. The Bertz CT molecular complexity index is 757. The van der Waals surface area contributed by atoms with Crippen molar-refractivity contribution in [2.24, 2.45) is 0 Å². The van der Waals surface area contributed by atoms with Gasteiger partial charge in [-0.25, -0.2) is 4.68 Å². The summed E-state index contributed by atoms with van der Waals surface area (Å²) in [4.78, 5) is 24.3. The number of rotatable bonds is 7. The van der Waals surface area contributed by atoms with E-state index in [9.17, 15) is 18.4 Å². The number of nitrogens with one attached hydrogen (secondary N) is 1. The van der Waals surface area contributed by atoms with Crippen molar-refractivity contribution in [2.45, 2.75) is 46.2 Å². The standard InChI is InChI=1S/C18H21F2N3O2/c1-11(9-16(24)14-7-5-4-6-8-14)21-17(25)10-15-12(2)22-23(13(15)3)18(19)20/h4-8,11,18H,9-10H2,1-3H3,(H,21,25). The number of amides is 1. The van der Waals surface area contributed by atoms with Crippen molar-refractivity contribution >= 4 is 11.7 Å². The van der Waals surface area contributed by atoms with E-state index in [-0.39, 0.29) is 36.3 Å². The molecule has 0 fully saturated rings. The third kappa shape index (κ3) is 4.71. The summed E-state index contributed by atoms with van der Waals surface area (Å²) in [5.41, 5.74) is 1.75. The first-order valence-electron chi connectivity index (χ1n) is 8.00. The molecular formula is C18H21F2N3O2. The normalized spacial score (nSPS) is 12.2. The Morgan fingerprint density at radius 1 is 1.20 bits per heavy atom. The number of halogens is 2. The molecule has 0 aliphatic carbocycles. The molecule has 7 heteroatoms. The molecule has 0 saturated heterocycles. The fourth-order valence-corrected chi connectivity index (χ4v) is 2.70. The Kier molecular flexibility index (Phi) is 6.01. The average Bonchev–Trinajstić information content (AvgIpc) is 2.83. The van der Waals surface area contributed by atoms with Crippen LogP contribution >= 0.6 is 0 Å². The minimum atomic E-state index is -2.74. The summed E-state index contributed by atoms with van der Waals surface area (Å²) in [7, 11) is 0. The molecule has 0 aliphatic heterocycles. The number of hydrogen-bond acceptors (Lipinski definition) is 3. The third-order valence-corrected chi connectivity index (χ3v) is 3.99. The molecule has 1 unspecified atom stereocenters. The molecule has 0 spiro atoms. The zero-order chi connectivity index (χ0) is 18.6. The van der Waals surface area contributed by atoms with Crippen LogP contribution in [0.4, 0.5) is 8.78 Å². The van der Waals surface area contributed by atoms with Crippen LogP contribution in [0.2, 0.25) is 0 Å². The molecule has 0 bridgehead atoms. The van der Waals surface area contributed by atoms with E-state index in [4.69, 9.17) is 0 Å². The van der Waals surface area contributed by atoms with Gasteiger partial charge in [0.2, 0.25) is 5.91 Å². The number of aryl methyl sites for hydroxylation is 1. The highest BCUT2D eigenvalue weighted by atomic mass is 19.3. The lowest BCUT2D eigenvalue weighted by atomic mass is 10.0. The summed E-state index contributed by atoms with van der Waals surface area (Å²) in [6.45, 7) is 2.10. The second-order valence-corrected chi connectivity index (χ2v) is 6.01. The average molecular weight is 349 g/mol. The van der Waals surface area contributed by atoms with E-state index >= 15 is 0 Å². The van der Waals surface area contributed by atoms with E-state index < -0.39 is 6.55 Å². The molecule has 5 nitrogen and oxygen atoms in total. The van der Waals surface area contributed by atoms with E-state index in [2.05, 4.69) is 10.4 Å². The molecule has 0 aliphatic rings. The number of nitrogens with zero attached hydrogens (tertiary/aromatic N) is 2. The van der Waals surface area contributed by atoms with Gasteiger partial charge in [0.05, 0.1) is 12.1 Å². The predicted molar refractivity (Wildman–Crippen MR) is 89.7 cm³/mol. The van der Waals surface area contributed by atoms with Gasteiger partial charge in [-0.2, -0.15) is 13.9 Å². The van der Waals surface area contributed by atoms with Crippen LogP contribution in [-0.4, -0.2) is 27.5 Å². The summed E-state index contributed by atoms with van der Waals surface area (Å²) in [5, 5.41) is 6.50. The largest absolute Gasteiger partial charge is 0.353 e. The Morgan fingerprint density at radius 2 is 1.84 bits per heavy atom. The Hall–Kier alpha value is -2.57. The second-order valence-electron chi connectivity index (χ2n) is 6.01. The summed E-state index contributed by atoms with van der Waals surface area (Å²) in [5.74, 6) is -0.389. The molecule has 1 atom stereocenters. The van der Waals surface area contributed by atoms with Gasteiger partial charge in [0, 0.05) is 29.3 Å². The Balaban J connectivity index is 1.95. The van der Waals surface area contributed by atoms with Gasteiger partial charge < -0.3 is 5.32 Å². The van der Waals surface area contributed by atoms with Gasteiger partial charge in [0.25, 0.3) is 0 Å². The molecule has 1 aromatic carbocycles. The minimum Gasteiger partial charge on any atom is -0.353 e. The molecular weight excluding hydrogens is 328 g/mol. The van der Waals surface area contributed by atoms with Gasteiger partial charge in [-0.1, -0.05) is 30.3 Å². The number of aromatic nitrogens is 2. The number of hydrogen-bond donors (Lipinski definition) is 1. The number of ketones is 1. The van der Waals surface area contributed by atoms with E-state index in [0.717, 1.165) is 0 Å². The highest BCUT2D eigenvalue weighted by Gasteiger charge is 2.20. The van der Waals surface area contributed by atoms with Crippen molar-refractivity contribution in [2.75, 3.05) is 0 Å². The summed E-state index contributed by atoms with van der Waals surface area (Å²) in [6, 6.07) is 8.48. The van der Waals surface area contributed by atoms with E-state index in [1.54, 1.807) is 38.1 Å². The summed E-state index contributed by atoms with van der Waals surface area (Å²) >= 11 is 0. The van der Waals surface area contributed by atoms with Crippen molar-refractivity contribution in [3.8, 4) is 0 Å². The quantitative estimate of drug-likeness (QED) is 0.781. The monoisotopic (exact) mass is 349 g/mol.